The van der Waals surface area contributed by atoms with Gasteiger partial charge in [0.1, 0.15) is 11.6 Å². The van der Waals surface area contributed by atoms with Gasteiger partial charge in [0.2, 0.25) is 0 Å². The summed E-state index contributed by atoms with van der Waals surface area (Å²) < 4.78 is 12.7. The van der Waals surface area contributed by atoms with Crippen LogP contribution in [0.25, 0.3) is 0 Å². The van der Waals surface area contributed by atoms with Crippen LogP contribution in [0.4, 0.5) is 10.2 Å². The van der Waals surface area contributed by atoms with Gasteiger partial charge in [-0.15, -0.1) is 0 Å². The number of nitrogens with zero attached hydrogens (tertiary/aromatic N) is 1. The fourth-order valence-electron chi connectivity index (χ4n) is 0.856. The lowest BCUT2D eigenvalue weighted by Crippen LogP contribution is -2.26. The third-order valence-electron chi connectivity index (χ3n) is 1.98. The predicted molar refractivity (Wildman–Crippen MR) is 60.3 cm³/mol. The minimum atomic E-state index is -0.306. The zero-order chi connectivity index (χ0) is 10.6. The number of nitrogens with one attached hydrogen (secondary N) is 1. The highest BCUT2D eigenvalue weighted by atomic mass is 32.2. The van der Waals surface area contributed by atoms with Gasteiger partial charge in [0, 0.05) is 11.3 Å². The fraction of sp³-hybridized carbons (Fsp3) is 0.500. The Morgan fingerprint density at radius 3 is 2.71 bits per heavy atom. The zero-order valence-electron chi connectivity index (χ0n) is 8.67. The van der Waals surface area contributed by atoms with Gasteiger partial charge in [0.05, 0.1) is 6.20 Å². The molecule has 0 atom stereocenters. The van der Waals surface area contributed by atoms with E-state index in [-0.39, 0.29) is 10.6 Å². The lowest BCUT2D eigenvalue weighted by Gasteiger charge is -2.22. The molecule has 0 saturated heterocycles. The molecule has 14 heavy (non-hydrogen) atoms. The highest BCUT2D eigenvalue weighted by Gasteiger charge is 2.15. The van der Waals surface area contributed by atoms with E-state index in [4.69, 9.17) is 0 Å². The number of pyridine rings is 1. The Balaban J connectivity index is 2.50. The summed E-state index contributed by atoms with van der Waals surface area (Å²) in [6, 6.07) is 3.05. The summed E-state index contributed by atoms with van der Waals surface area (Å²) >= 11 is 1.79. The molecular formula is C10H15FN2S. The van der Waals surface area contributed by atoms with Crippen LogP contribution in [0, 0.1) is 5.82 Å². The second kappa shape index (κ2) is 4.64. The summed E-state index contributed by atoms with van der Waals surface area (Å²) in [5, 5.41) is 3.16. The first-order valence-electron chi connectivity index (χ1n) is 4.44. The second-order valence-electron chi connectivity index (χ2n) is 3.68. The van der Waals surface area contributed by atoms with Gasteiger partial charge >= 0.3 is 0 Å². The van der Waals surface area contributed by atoms with Gasteiger partial charge in [-0.2, -0.15) is 11.8 Å². The molecule has 1 aromatic rings. The number of rotatable bonds is 4. The minimum absolute atomic E-state index is 0.163. The quantitative estimate of drug-likeness (QED) is 0.834. The van der Waals surface area contributed by atoms with Crippen LogP contribution < -0.4 is 5.32 Å². The van der Waals surface area contributed by atoms with Crippen molar-refractivity contribution >= 4 is 17.6 Å². The summed E-state index contributed by atoms with van der Waals surface area (Å²) in [6.45, 7) is 5.11. The standard InChI is InChI=1S/C10H15FN2S/c1-10(2,14-3)7-13-9-5-4-8(11)6-12-9/h4-6H,7H2,1-3H3,(H,12,13). The molecule has 0 bridgehead atoms. The maximum atomic E-state index is 12.5. The normalized spacial score (nSPS) is 11.4. The summed E-state index contributed by atoms with van der Waals surface area (Å²) in [6.07, 6.45) is 3.29. The second-order valence-corrected chi connectivity index (χ2v) is 5.19. The minimum Gasteiger partial charge on any atom is -0.369 e. The van der Waals surface area contributed by atoms with Crippen LogP contribution in [0.1, 0.15) is 13.8 Å². The van der Waals surface area contributed by atoms with E-state index in [1.54, 1.807) is 17.8 Å². The van der Waals surface area contributed by atoms with Crippen LogP contribution in [-0.2, 0) is 0 Å². The first-order valence-corrected chi connectivity index (χ1v) is 5.66. The molecule has 1 rings (SSSR count). The molecule has 0 aliphatic rings. The Labute approximate surface area is 88.3 Å². The Morgan fingerprint density at radius 2 is 2.21 bits per heavy atom. The maximum Gasteiger partial charge on any atom is 0.141 e. The van der Waals surface area contributed by atoms with Crippen molar-refractivity contribution in [2.45, 2.75) is 18.6 Å². The highest BCUT2D eigenvalue weighted by molar-refractivity contribution is 7.99. The van der Waals surface area contributed by atoms with Crippen LogP contribution in [-0.4, -0.2) is 22.5 Å². The molecule has 0 amide bonds. The van der Waals surface area contributed by atoms with Crippen molar-refractivity contribution < 1.29 is 4.39 Å². The van der Waals surface area contributed by atoms with E-state index in [9.17, 15) is 4.39 Å². The molecule has 0 aliphatic carbocycles. The van der Waals surface area contributed by atoms with Crippen LogP contribution in [0.2, 0.25) is 0 Å². The molecule has 0 fully saturated rings. The number of halogens is 1. The third kappa shape index (κ3) is 3.54. The lowest BCUT2D eigenvalue weighted by atomic mass is 10.2. The molecule has 4 heteroatoms. The molecule has 0 radical (unpaired) electrons. The van der Waals surface area contributed by atoms with Crippen molar-refractivity contribution in [2.24, 2.45) is 0 Å². The summed E-state index contributed by atoms with van der Waals surface area (Å²) in [5.41, 5.74) is 0. The Kier molecular flexibility index (Phi) is 3.75. The number of thioether (sulfide) groups is 1. The predicted octanol–water partition coefficient (Wildman–Crippen LogP) is 2.77. The van der Waals surface area contributed by atoms with E-state index in [1.807, 2.05) is 0 Å². The van der Waals surface area contributed by atoms with Crippen LogP contribution in [0.3, 0.4) is 0 Å². The molecule has 0 aromatic carbocycles. The molecule has 78 valence electrons. The Morgan fingerprint density at radius 1 is 1.50 bits per heavy atom. The maximum absolute atomic E-state index is 12.5. The first-order chi connectivity index (χ1) is 6.53. The largest absolute Gasteiger partial charge is 0.369 e. The van der Waals surface area contributed by atoms with E-state index < -0.39 is 0 Å². The molecule has 0 aliphatic heterocycles. The lowest BCUT2D eigenvalue weighted by molar-refractivity contribution is 0.621. The topological polar surface area (TPSA) is 24.9 Å². The number of hydrogen-bond acceptors (Lipinski definition) is 3. The zero-order valence-corrected chi connectivity index (χ0v) is 9.49. The van der Waals surface area contributed by atoms with Gasteiger partial charge in [-0.1, -0.05) is 0 Å². The van der Waals surface area contributed by atoms with E-state index in [1.165, 1.54) is 12.3 Å². The van der Waals surface area contributed by atoms with Gasteiger partial charge in [0.15, 0.2) is 0 Å². The van der Waals surface area contributed by atoms with E-state index >= 15 is 0 Å². The SMILES string of the molecule is CSC(C)(C)CNc1ccc(F)cn1. The van der Waals surface area contributed by atoms with Crippen LogP contribution in [0.15, 0.2) is 18.3 Å². The smallest absolute Gasteiger partial charge is 0.141 e. The van der Waals surface area contributed by atoms with Crippen molar-refractivity contribution in [3.05, 3.63) is 24.1 Å². The molecular weight excluding hydrogens is 199 g/mol. The van der Waals surface area contributed by atoms with Crippen molar-refractivity contribution in [1.82, 2.24) is 4.98 Å². The molecule has 1 heterocycles. The van der Waals surface area contributed by atoms with Gasteiger partial charge in [-0.05, 0) is 32.2 Å². The van der Waals surface area contributed by atoms with Crippen LogP contribution >= 0.6 is 11.8 Å². The molecule has 2 nitrogen and oxygen atoms in total. The first kappa shape index (κ1) is 11.3. The molecule has 1 aromatic heterocycles. The average molecular weight is 214 g/mol. The monoisotopic (exact) mass is 214 g/mol. The van der Waals surface area contributed by atoms with Crippen molar-refractivity contribution in [1.29, 1.82) is 0 Å². The summed E-state index contributed by atoms with van der Waals surface area (Å²) in [7, 11) is 0. The third-order valence-corrected chi connectivity index (χ3v) is 3.22. The van der Waals surface area contributed by atoms with Crippen LogP contribution in [0.5, 0.6) is 0 Å². The van der Waals surface area contributed by atoms with E-state index in [0.29, 0.717) is 5.82 Å². The molecule has 0 saturated carbocycles. The number of anilines is 1. The van der Waals surface area contributed by atoms with Gasteiger partial charge in [-0.25, -0.2) is 9.37 Å². The summed E-state index contributed by atoms with van der Waals surface area (Å²) in [4.78, 5) is 3.92. The van der Waals surface area contributed by atoms with Crippen molar-refractivity contribution in [2.75, 3.05) is 18.1 Å². The van der Waals surface area contributed by atoms with Gasteiger partial charge in [-0.3, -0.25) is 0 Å². The number of hydrogen-bond donors (Lipinski definition) is 1. The van der Waals surface area contributed by atoms with Crippen molar-refractivity contribution in [3.63, 3.8) is 0 Å². The van der Waals surface area contributed by atoms with Gasteiger partial charge < -0.3 is 5.32 Å². The van der Waals surface area contributed by atoms with E-state index in [2.05, 4.69) is 30.4 Å². The summed E-state index contributed by atoms with van der Waals surface area (Å²) in [5.74, 6) is 0.410. The Hall–Kier alpha value is -0.770. The van der Waals surface area contributed by atoms with E-state index in [0.717, 1.165) is 6.54 Å². The molecule has 1 N–H and O–H groups in total. The van der Waals surface area contributed by atoms with Crippen molar-refractivity contribution in [3.8, 4) is 0 Å². The highest BCUT2D eigenvalue weighted by Crippen LogP contribution is 2.21. The number of aromatic nitrogens is 1. The average Bonchev–Trinajstić information content (AvgIpc) is 2.17. The molecule has 0 unspecified atom stereocenters. The fourth-order valence-corrected chi connectivity index (χ4v) is 1.07. The van der Waals surface area contributed by atoms with Gasteiger partial charge in [0.25, 0.3) is 0 Å². The molecule has 0 spiro atoms. The Bertz CT molecular complexity index is 285.